The Morgan fingerprint density at radius 2 is 1.30 bits per heavy atom. The lowest BCUT2D eigenvalue weighted by Crippen LogP contribution is -2.34. The number of aromatic nitrogens is 4. The maximum absolute atomic E-state index is 12.5. The fourth-order valence-corrected chi connectivity index (χ4v) is 2.96. The molecule has 1 aromatic carbocycles. The maximum atomic E-state index is 12.5. The molecule has 0 aliphatic heterocycles. The van der Waals surface area contributed by atoms with Crippen LogP contribution in [0.1, 0.15) is 22.6 Å². The number of ether oxygens (including phenoxy) is 1. The van der Waals surface area contributed by atoms with Crippen molar-refractivity contribution in [2.45, 2.75) is 5.92 Å². The lowest BCUT2D eigenvalue weighted by Gasteiger charge is -2.21. The van der Waals surface area contributed by atoms with Crippen LogP contribution in [0.4, 0.5) is 11.6 Å². The van der Waals surface area contributed by atoms with Gasteiger partial charge in [0.15, 0.2) is 0 Å². The van der Waals surface area contributed by atoms with Crippen molar-refractivity contribution >= 4 is 11.6 Å². The van der Waals surface area contributed by atoms with Gasteiger partial charge in [0.2, 0.25) is 0 Å². The first-order chi connectivity index (χ1) is 12.8. The number of rotatable bonds is 4. The van der Waals surface area contributed by atoms with Gasteiger partial charge in [-0.2, -0.15) is 0 Å². The molecule has 8 N–H and O–H groups in total. The molecule has 3 aromatic rings. The van der Waals surface area contributed by atoms with Crippen LogP contribution in [0.2, 0.25) is 0 Å². The summed E-state index contributed by atoms with van der Waals surface area (Å²) in [4.78, 5) is 56.8. The second-order valence-electron chi connectivity index (χ2n) is 5.65. The van der Waals surface area contributed by atoms with Gasteiger partial charge in [-0.3, -0.25) is 29.5 Å². The van der Waals surface area contributed by atoms with Gasteiger partial charge in [0.25, 0.3) is 11.1 Å². The van der Waals surface area contributed by atoms with E-state index in [0.29, 0.717) is 11.3 Å². The van der Waals surface area contributed by atoms with Crippen LogP contribution >= 0.6 is 0 Å². The lowest BCUT2D eigenvalue weighted by atomic mass is 9.86. The zero-order chi connectivity index (χ0) is 19.7. The Morgan fingerprint density at radius 3 is 1.74 bits per heavy atom. The van der Waals surface area contributed by atoms with E-state index < -0.39 is 28.4 Å². The Bertz CT molecular complexity index is 1160. The van der Waals surface area contributed by atoms with Crippen molar-refractivity contribution in [1.82, 2.24) is 19.9 Å². The zero-order valence-electron chi connectivity index (χ0n) is 14.1. The van der Waals surface area contributed by atoms with E-state index in [2.05, 4.69) is 19.9 Å². The van der Waals surface area contributed by atoms with Crippen LogP contribution in [0.3, 0.4) is 0 Å². The van der Waals surface area contributed by atoms with Crippen molar-refractivity contribution in [2.24, 2.45) is 0 Å². The number of hydrogen-bond donors (Lipinski definition) is 6. The highest BCUT2D eigenvalue weighted by molar-refractivity contribution is 5.58. The topological polar surface area (TPSA) is 193 Å². The second-order valence-corrected chi connectivity index (χ2v) is 5.65. The van der Waals surface area contributed by atoms with Gasteiger partial charge in [-0.15, -0.1) is 0 Å². The maximum Gasteiger partial charge on any atom is 0.327 e. The first kappa shape index (κ1) is 17.8. The highest BCUT2D eigenvalue weighted by Crippen LogP contribution is 2.37. The third-order valence-electron chi connectivity index (χ3n) is 4.05. The van der Waals surface area contributed by atoms with Crippen molar-refractivity contribution < 1.29 is 4.74 Å². The third kappa shape index (κ3) is 3.13. The highest BCUT2D eigenvalue weighted by atomic mass is 16.5. The summed E-state index contributed by atoms with van der Waals surface area (Å²) >= 11 is 0. The van der Waals surface area contributed by atoms with Crippen LogP contribution in [0.5, 0.6) is 5.75 Å². The number of aromatic amines is 4. The minimum absolute atomic E-state index is 0.122. The molecule has 3 rings (SSSR count). The average molecular weight is 372 g/mol. The van der Waals surface area contributed by atoms with E-state index in [1.165, 1.54) is 7.11 Å². The van der Waals surface area contributed by atoms with Crippen LogP contribution in [0.25, 0.3) is 0 Å². The van der Waals surface area contributed by atoms with Gasteiger partial charge in [0, 0.05) is 5.56 Å². The molecule has 11 nitrogen and oxygen atoms in total. The van der Waals surface area contributed by atoms with E-state index in [1.54, 1.807) is 24.3 Å². The molecule has 0 bridgehead atoms. The fourth-order valence-electron chi connectivity index (χ4n) is 2.96. The van der Waals surface area contributed by atoms with E-state index in [1.807, 2.05) is 0 Å². The summed E-state index contributed by atoms with van der Waals surface area (Å²) in [6, 6.07) is 6.59. The summed E-state index contributed by atoms with van der Waals surface area (Å²) in [5.74, 6) is -1.27. The zero-order valence-corrected chi connectivity index (χ0v) is 14.1. The molecule has 140 valence electrons. The van der Waals surface area contributed by atoms with E-state index in [-0.39, 0.29) is 22.8 Å². The minimum atomic E-state index is -1.12. The van der Waals surface area contributed by atoms with Crippen molar-refractivity contribution in [2.75, 3.05) is 18.6 Å². The molecule has 0 radical (unpaired) electrons. The molecule has 2 heterocycles. The summed E-state index contributed by atoms with van der Waals surface area (Å²) in [6.07, 6.45) is 0. The number of para-hydroxylation sites is 1. The Kier molecular flexibility index (Phi) is 4.42. The monoisotopic (exact) mass is 372 g/mol. The number of hydrogen-bond acceptors (Lipinski definition) is 7. The Hall–Kier alpha value is -4.02. The van der Waals surface area contributed by atoms with Gasteiger partial charge >= 0.3 is 11.4 Å². The van der Waals surface area contributed by atoms with Crippen LogP contribution in [-0.4, -0.2) is 27.0 Å². The molecule has 0 saturated heterocycles. The molecular formula is C16H16N6O5. The summed E-state index contributed by atoms with van der Waals surface area (Å²) in [7, 11) is 1.41. The number of nitrogens with two attached hydrogens (primary N) is 2. The van der Waals surface area contributed by atoms with E-state index in [0.717, 1.165) is 0 Å². The number of H-pyrrole nitrogens is 4. The molecular weight excluding hydrogens is 356 g/mol. The summed E-state index contributed by atoms with van der Waals surface area (Å²) in [6.45, 7) is 0. The Morgan fingerprint density at radius 1 is 0.815 bits per heavy atom. The fraction of sp³-hybridized carbons (Fsp3) is 0.125. The van der Waals surface area contributed by atoms with Crippen molar-refractivity contribution in [3.8, 4) is 5.75 Å². The largest absolute Gasteiger partial charge is 0.496 e. The lowest BCUT2D eigenvalue weighted by molar-refractivity contribution is 0.409. The number of methoxy groups -OCH3 is 1. The smallest absolute Gasteiger partial charge is 0.327 e. The van der Waals surface area contributed by atoms with Crippen molar-refractivity contribution in [3.63, 3.8) is 0 Å². The Labute approximate surface area is 150 Å². The molecule has 0 fully saturated rings. The molecule has 0 amide bonds. The first-order valence-electron chi connectivity index (χ1n) is 7.70. The van der Waals surface area contributed by atoms with Crippen LogP contribution in [0, 0.1) is 0 Å². The van der Waals surface area contributed by atoms with Gasteiger partial charge in [0.05, 0.1) is 24.2 Å². The van der Waals surface area contributed by atoms with E-state index >= 15 is 0 Å². The average Bonchev–Trinajstić information content (AvgIpc) is 2.58. The summed E-state index contributed by atoms with van der Waals surface area (Å²) < 4.78 is 5.33. The summed E-state index contributed by atoms with van der Waals surface area (Å²) in [5.41, 5.74) is 8.67. The normalized spacial score (nSPS) is 10.9. The number of nitrogens with one attached hydrogen (secondary N) is 4. The number of nitrogen functional groups attached to an aromatic ring is 2. The molecule has 0 unspecified atom stereocenters. The van der Waals surface area contributed by atoms with Gasteiger partial charge in [0.1, 0.15) is 17.4 Å². The molecule has 0 aliphatic carbocycles. The van der Waals surface area contributed by atoms with Crippen LogP contribution in [-0.2, 0) is 0 Å². The molecule has 0 aliphatic rings. The standard InChI is InChI=1S/C16H16N6O5/c1-27-7-5-3-2-4-6(7)8(9-11(17)19-15(25)21-13(9)23)10-12(18)20-16(26)22-14(10)24/h2-5,8H,1H3,(H4,17,19,21,23,25)(H4,18,20,22,24,26). The van der Waals surface area contributed by atoms with Crippen molar-refractivity contribution in [3.05, 3.63) is 82.6 Å². The number of benzene rings is 1. The molecule has 11 heteroatoms. The van der Waals surface area contributed by atoms with Gasteiger partial charge in [-0.05, 0) is 6.07 Å². The molecule has 27 heavy (non-hydrogen) atoms. The predicted molar refractivity (Wildman–Crippen MR) is 98.1 cm³/mol. The van der Waals surface area contributed by atoms with Gasteiger partial charge in [-0.1, -0.05) is 18.2 Å². The highest BCUT2D eigenvalue weighted by Gasteiger charge is 2.30. The SMILES string of the molecule is COc1ccccc1C(c1c(N)[nH]c(=O)[nH]c1=O)c1c(N)[nH]c(=O)[nH]c1=O. The van der Waals surface area contributed by atoms with E-state index in [9.17, 15) is 19.2 Å². The van der Waals surface area contributed by atoms with Crippen LogP contribution in [0.15, 0.2) is 43.4 Å². The Balaban J connectivity index is 2.47. The van der Waals surface area contributed by atoms with Crippen molar-refractivity contribution in [1.29, 1.82) is 0 Å². The first-order valence-corrected chi connectivity index (χ1v) is 7.70. The molecule has 2 aromatic heterocycles. The summed E-state index contributed by atoms with van der Waals surface area (Å²) in [5, 5.41) is 0. The van der Waals surface area contributed by atoms with Gasteiger partial charge < -0.3 is 16.2 Å². The predicted octanol–water partition coefficient (Wildman–Crippen LogP) is -1.21. The van der Waals surface area contributed by atoms with Crippen LogP contribution < -0.4 is 38.7 Å². The third-order valence-corrected chi connectivity index (χ3v) is 4.05. The van der Waals surface area contributed by atoms with Gasteiger partial charge in [-0.25, -0.2) is 9.59 Å². The minimum Gasteiger partial charge on any atom is -0.496 e. The molecule has 0 saturated carbocycles. The quantitative estimate of drug-likeness (QED) is 0.331. The molecule has 0 spiro atoms. The second kappa shape index (κ2) is 6.71. The molecule has 0 atom stereocenters. The number of anilines is 2. The van der Waals surface area contributed by atoms with E-state index in [4.69, 9.17) is 16.2 Å².